The summed E-state index contributed by atoms with van der Waals surface area (Å²) in [5.74, 6) is 0. The number of fused-ring (bicyclic) bond motifs is 1. The predicted molar refractivity (Wildman–Crippen MR) is 83.2 cm³/mol. The molecule has 4 nitrogen and oxygen atoms in total. The van der Waals surface area contributed by atoms with Crippen LogP contribution in [0.2, 0.25) is 0 Å². The number of nitrogens with zero attached hydrogens (tertiary/aromatic N) is 1. The summed E-state index contributed by atoms with van der Waals surface area (Å²) in [5, 5.41) is 0. The molecule has 0 saturated carbocycles. The molecule has 4 heteroatoms. The molecule has 3 rings (SSSR count). The second-order valence-corrected chi connectivity index (χ2v) is 5.44. The van der Waals surface area contributed by atoms with Crippen molar-refractivity contribution in [1.82, 2.24) is 4.57 Å². The molecule has 2 N–H and O–H groups in total. The lowest BCUT2D eigenvalue weighted by atomic mass is 9.89. The van der Waals surface area contributed by atoms with Gasteiger partial charge < -0.3 is 15.0 Å². The maximum absolute atomic E-state index is 11.7. The number of benzene rings is 1. The first-order valence-corrected chi connectivity index (χ1v) is 7.39. The first-order valence-electron chi connectivity index (χ1n) is 7.39. The molecule has 0 spiro atoms. The number of nitrogens with two attached hydrogens (primary N) is 1. The minimum atomic E-state index is -0.0446. The molecule has 1 heterocycles. The molecule has 1 atom stereocenters. The maximum atomic E-state index is 11.7. The van der Waals surface area contributed by atoms with Gasteiger partial charge in [-0.3, -0.25) is 4.79 Å². The Bertz CT molecular complexity index is 678. The van der Waals surface area contributed by atoms with E-state index < -0.39 is 0 Å². The highest BCUT2D eigenvalue weighted by molar-refractivity contribution is 5.33. The summed E-state index contributed by atoms with van der Waals surface area (Å²) in [6.07, 6.45) is 5.14. The van der Waals surface area contributed by atoms with Gasteiger partial charge in [-0.1, -0.05) is 24.3 Å². The minimum absolute atomic E-state index is 0.0446. The number of nitrogen functional groups attached to an aromatic ring is 1. The fraction of sp³-hybridized carbons (Fsp3) is 0.353. The van der Waals surface area contributed by atoms with Crippen molar-refractivity contribution in [2.24, 2.45) is 0 Å². The number of hydrogen-bond acceptors (Lipinski definition) is 3. The minimum Gasteiger partial charge on any atom is -0.398 e. The van der Waals surface area contributed by atoms with Crippen LogP contribution in [0.25, 0.3) is 0 Å². The number of anilines is 1. The van der Waals surface area contributed by atoms with E-state index in [0.29, 0.717) is 18.8 Å². The van der Waals surface area contributed by atoms with Gasteiger partial charge in [-0.25, -0.2) is 0 Å². The van der Waals surface area contributed by atoms with Crippen LogP contribution >= 0.6 is 0 Å². The molecule has 1 aromatic heterocycles. The lowest BCUT2D eigenvalue weighted by Gasteiger charge is -2.25. The highest BCUT2D eigenvalue weighted by Crippen LogP contribution is 2.32. The highest BCUT2D eigenvalue weighted by Gasteiger charge is 2.19. The molecule has 0 fully saturated rings. The molecule has 0 aliphatic heterocycles. The summed E-state index contributed by atoms with van der Waals surface area (Å²) in [6.45, 7) is 1.05. The third-order valence-corrected chi connectivity index (χ3v) is 3.97. The Morgan fingerprint density at radius 2 is 2.10 bits per heavy atom. The van der Waals surface area contributed by atoms with Gasteiger partial charge in [-0.2, -0.15) is 0 Å². The first-order chi connectivity index (χ1) is 10.2. The van der Waals surface area contributed by atoms with Gasteiger partial charge in [0.05, 0.1) is 12.7 Å². The Kier molecular flexibility index (Phi) is 4.06. The maximum Gasteiger partial charge on any atom is 0.250 e. The Labute approximate surface area is 124 Å². The van der Waals surface area contributed by atoms with E-state index in [2.05, 4.69) is 24.3 Å². The van der Waals surface area contributed by atoms with Crippen LogP contribution in [-0.2, 0) is 17.7 Å². The topological polar surface area (TPSA) is 57.2 Å². The van der Waals surface area contributed by atoms with Crippen molar-refractivity contribution in [1.29, 1.82) is 0 Å². The van der Waals surface area contributed by atoms with E-state index in [9.17, 15) is 4.79 Å². The molecule has 2 aromatic rings. The number of rotatable bonds is 4. The van der Waals surface area contributed by atoms with Gasteiger partial charge in [0.1, 0.15) is 0 Å². The molecule has 0 radical (unpaired) electrons. The van der Waals surface area contributed by atoms with Gasteiger partial charge in [-0.05, 0) is 36.5 Å². The van der Waals surface area contributed by atoms with Crippen molar-refractivity contribution < 1.29 is 4.74 Å². The van der Waals surface area contributed by atoms with Gasteiger partial charge in [-0.15, -0.1) is 0 Å². The van der Waals surface area contributed by atoms with Crippen molar-refractivity contribution in [3.63, 3.8) is 0 Å². The summed E-state index contributed by atoms with van der Waals surface area (Å²) >= 11 is 0. The Morgan fingerprint density at radius 1 is 1.24 bits per heavy atom. The van der Waals surface area contributed by atoms with E-state index in [4.69, 9.17) is 10.5 Å². The number of pyridine rings is 1. The molecule has 0 bridgehead atoms. The van der Waals surface area contributed by atoms with Gasteiger partial charge in [0.25, 0.3) is 5.56 Å². The summed E-state index contributed by atoms with van der Waals surface area (Å²) in [5.41, 5.74) is 8.93. The molecule has 0 amide bonds. The van der Waals surface area contributed by atoms with Crippen molar-refractivity contribution in [3.8, 4) is 0 Å². The highest BCUT2D eigenvalue weighted by atomic mass is 16.5. The Hall–Kier alpha value is -2.07. The lowest BCUT2D eigenvalue weighted by Crippen LogP contribution is -2.22. The molecule has 1 aliphatic rings. The zero-order valence-electron chi connectivity index (χ0n) is 12.0. The van der Waals surface area contributed by atoms with Crippen LogP contribution in [0.3, 0.4) is 0 Å². The lowest BCUT2D eigenvalue weighted by molar-refractivity contribution is 0.0354. The fourth-order valence-corrected chi connectivity index (χ4v) is 2.90. The second-order valence-electron chi connectivity index (χ2n) is 5.44. The number of hydrogen-bond donors (Lipinski definition) is 1. The molecule has 21 heavy (non-hydrogen) atoms. The predicted octanol–water partition coefficient (Wildman–Crippen LogP) is 2.52. The fourth-order valence-electron chi connectivity index (χ4n) is 2.90. The SMILES string of the molecule is Nc1ccc(=O)n(CCOC2CCCc3ccccc32)c1. The van der Waals surface area contributed by atoms with Crippen molar-refractivity contribution in [2.45, 2.75) is 31.9 Å². The van der Waals surface area contributed by atoms with E-state index >= 15 is 0 Å². The Balaban J connectivity index is 1.64. The second kappa shape index (κ2) is 6.14. The van der Waals surface area contributed by atoms with E-state index in [1.807, 2.05) is 0 Å². The molecule has 1 unspecified atom stereocenters. The van der Waals surface area contributed by atoms with Gasteiger partial charge in [0.2, 0.25) is 0 Å². The summed E-state index contributed by atoms with van der Waals surface area (Å²) in [4.78, 5) is 11.7. The molecule has 110 valence electrons. The molecule has 1 aromatic carbocycles. The molecular formula is C17H20N2O2. The monoisotopic (exact) mass is 284 g/mol. The van der Waals surface area contributed by atoms with Crippen LogP contribution in [0.15, 0.2) is 47.4 Å². The van der Waals surface area contributed by atoms with Gasteiger partial charge in [0.15, 0.2) is 0 Å². The van der Waals surface area contributed by atoms with Crippen molar-refractivity contribution >= 4 is 5.69 Å². The van der Waals surface area contributed by atoms with Gasteiger partial charge >= 0.3 is 0 Å². The zero-order valence-corrected chi connectivity index (χ0v) is 12.0. The smallest absolute Gasteiger partial charge is 0.250 e. The average Bonchev–Trinajstić information content (AvgIpc) is 2.51. The number of ether oxygens (including phenoxy) is 1. The van der Waals surface area contributed by atoms with Crippen molar-refractivity contribution in [3.05, 3.63) is 64.1 Å². The Morgan fingerprint density at radius 3 is 3.00 bits per heavy atom. The summed E-state index contributed by atoms with van der Waals surface area (Å²) in [6, 6.07) is 11.6. The van der Waals surface area contributed by atoms with E-state index in [1.165, 1.54) is 17.2 Å². The van der Waals surface area contributed by atoms with Crippen LogP contribution < -0.4 is 11.3 Å². The third kappa shape index (κ3) is 3.16. The van der Waals surface area contributed by atoms with E-state index in [0.717, 1.165) is 19.3 Å². The van der Waals surface area contributed by atoms with Gasteiger partial charge in [0, 0.05) is 24.5 Å². The van der Waals surface area contributed by atoms with E-state index in [-0.39, 0.29) is 11.7 Å². The van der Waals surface area contributed by atoms with Crippen LogP contribution in [-0.4, -0.2) is 11.2 Å². The van der Waals surface area contributed by atoms with Crippen LogP contribution in [0.5, 0.6) is 0 Å². The quantitative estimate of drug-likeness (QED) is 0.938. The zero-order chi connectivity index (χ0) is 14.7. The number of aromatic nitrogens is 1. The normalized spacial score (nSPS) is 17.4. The average molecular weight is 284 g/mol. The summed E-state index contributed by atoms with van der Waals surface area (Å²) < 4.78 is 7.61. The molecule has 0 saturated heterocycles. The third-order valence-electron chi connectivity index (χ3n) is 3.97. The molecular weight excluding hydrogens is 264 g/mol. The van der Waals surface area contributed by atoms with E-state index in [1.54, 1.807) is 16.8 Å². The summed E-state index contributed by atoms with van der Waals surface area (Å²) in [7, 11) is 0. The van der Waals surface area contributed by atoms with Crippen LogP contribution in [0.1, 0.15) is 30.1 Å². The largest absolute Gasteiger partial charge is 0.398 e. The van der Waals surface area contributed by atoms with Crippen molar-refractivity contribution in [2.75, 3.05) is 12.3 Å². The number of aryl methyl sites for hydroxylation is 1. The van der Waals surface area contributed by atoms with Crippen LogP contribution in [0.4, 0.5) is 5.69 Å². The molecule has 1 aliphatic carbocycles. The first kappa shape index (κ1) is 13.9. The van der Waals surface area contributed by atoms with Crippen LogP contribution in [0, 0.1) is 0 Å². The standard InChI is InChI=1S/C17H20N2O2/c18-14-8-9-17(20)19(12-14)10-11-21-16-7-3-5-13-4-1-2-6-15(13)16/h1-2,4,6,8-9,12,16H,3,5,7,10-11,18H2.